The molecule has 0 saturated heterocycles. The van der Waals surface area contributed by atoms with E-state index in [1.165, 1.54) is 15.4 Å². The van der Waals surface area contributed by atoms with Crippen LogP contribution in [0.5, 0.6) is 5.75 Å². The zero-order valence-corrected chi connectivity index (χ0v) is 12.1. The molecule has 0 radical (unpaired) electrons. The predicted molar refractivity (Wildman–Crippen MR) is 80.8 cm³/mol. The topological polar surface area (TPSA) is 35.2 Å². The largest absolute Gasteiger partial charge is 0.497 e. The minimum Gasteiger partial charge on any atom is -0.497 e. The van der Waals surface area contributed by atoms with E-state index in [0.717, 1.165) is 12.2 Å². The first-order valence-electron chi connectivity index (χ1n) is 6.40. The van der Waals surface area contributed by atoms with Gasteiger partial charge >= 0.3 is 0 Å². The Kier molecular flexibility index (Phi) is 4.88. The zero-order valence-electron chi connectivity index (χ0n) is 11.3. The van der Waals surface area contributed by atoms with Crippen molar-refractivity contribution in [3.8, 4) is 5.75 Å². The van der Waals surface area contributed by atoms with Crippen molar-refractivity contribution >= 4 is 11.8 Å². The SMILES string of the molecule is CC[C@@H](N)c1ccc(Sc2cccc(OC)c2)cc1. The monoisotopic (exact) mass is 273 g/mol. The van der Waals surface area contributed by atoms with Gasteiger partial charge in [-0.25, -0.2) is 0 Å². The average molecular weight is 273 g/mol. The summed E-state index contributed by atoms with van der Waals surface area (Å²) in [5.74, 6) is 0.884. The highest BCUT2D eigenvalue weighted by molar-refractivity contribution is 7.99. The molecule has 2 rings (SSSR count). The van der Waals surface area contributed by atoms with Crippen LogP contribution in [0.4, 0.5) is 0 Å². The maximum Gasteiger partial charge on any atom is 0.119 e. The molecule has 19 heavy (non-hydrogen) atoms. The van der Waals surface area contributed by atoms with E-state index in [1.807, 2.05) is 18.2 Å². The molecule has 0 spiro atoms. The Morgan fingerprint density at radius 2 is 1.84 bits per heavy atom. The zero-order chi connectivity index (χ0) is 13.7. The number of ether oxygens (including phenoxy) is 1. The van der Waals surface area contributed by atoms with Crippen LogP contribution in [0, 0.1) is 0 Å². The second-order valence-electron chi connectivity index (χ2n) is 4.36. The average Bonchev–Trinajstić information content (AvgIpc) is 2.47. The summed E-state index contributed by atoms with van der Waals surface area (Å²) in [6.45, 7) is 2.10. The quantitative estimate of drug-likeness (QED) is 0.884. The van der Waals surface area contributed by atoms with Crippen molar-refractivity contribution in [2.45, 2.75) is 29.2 Å². The Hall–Kier alpha value is -1.45. The molecule has 0 aromatic heterocycles. The minimum absolute atomic E-state index is 0.135. The number of methoxy groups -OCH3 is 1. The van der Waals surface area contributed by atoms with Crippen molar-refractivity contribution in [3.63, 3.8) is 0 Å². The van der Waals surface area contributed by atoms with Gasteiger partial charge in [0.15, 0.2) is 0 Å². The summed E-state index contributed by atoms with van der Waals surface area (Å²) in [6.07, 6.45) is 0.961. The van der Waals surface area contributed by atoms with Gasteiger partial charge < -0.3 is 10.5 Å². The van der Waals surface area contributed by atoms with E-state index < -0.39 is 0 Å². The van der Waals surface area contributed by atoms with Crippen LogP contribution < -0.4 is 10.5 Å². The molecular formula is C16H19NOS. The van der Waals surface area contributed by atoms with Crippen LogP contribution in [-0.2, 0) is 0 Å². The normalized spacial score (nSPS) is 12.2. The molecule has 0 unspecified atom stereocenters. The van der Waals surface area contributed by atoms with Crippen LogP contribution in [0.1, 0.15) is 24.9 Å². The number of benzene rings is 2. The van der Waals surface area contributed by atoms with E-state index in [-0.39, 0.29) is 6.04 Å². The Labute approximate surface area is 119 Å². The first-order chi connectivity index (χ1) is 9.22. The molecule has 0 fully saturated rings. The standard InChI is InChI=1S/C16H19NOS/c1-3-16(17)12-7-9-14(10-8-12)19-15-6-4-5-13(11-15)18-2/h4-11,16H,3,17H2,1-2H3/t16-/m1/s1. The van der Waals surface area contributed by atoms with Crippen molar-refractivity contribution in [3.05, 3.63) is 54.1 Å². The Morgan fingerprint density at radius 1 is 1.11 bits per heavy atom. The molecule has 2 N–H and O–H groups in total. The summed E-state index contributed by atoms with van der Waals surface area (Å²) in [4.78, 5) is 2.38. The lowest BCUT2D eigenvalue weighted by molar-refractivity contribution is 0.413. The highest BCUT2D eigenvalue weighted by Gasteiger charge is 2.04. The van der Waals surface area contributed by atoms with E-state index in [2.05, 4.69) is 37.3 Å². The highest BCUT2D eigenvalue weighted by atomic mass is 32.2. The molecule has 0 aliphatic rings. The summed E-state index contributed by atoms with van der Waals surface area (Å²) in [5.41, 5.74) is 7.20. The van der Waals surface area contributed by atoms with Gasteiger partial charge in [0.25, 0.3) is 0 Å². The molecular weight excluding hydrogens is 254 g/mol. The molecule has 2 aromatic rings. The number of rotatable bonds is 5. The minimum atomic E-state index is 0.135. The lowest BCUT2D eigenvalue weighted by Crippen LogP contribution is -2.07. The molecule has 0 amide bonds. The van der Waals surface area contributed by atoms with Crippen LogP contribution in [0.3, 0.4) is 0 Å². The molecule has 0 bridgehead atoms. The van der Waals surface area contributed by atoms with Crippen molar-refractivity contribution < 1.29 is 4.74 Å². The maximum atomic E-state index is 6.01. The summed E-state index contributed by atoms with van der Waals surface area (Å²) in [6, 6.07) is 16.7. The van der Waals surface area contributed by atoms with Crippen LogP contribution in [0.2, 0.25) is 0 Å². The van der Waals surface area contributed by atoms with E-state index in [4.69, 9.17) is 10.5 Å². The van der Waals surface area contributed by atoms with Gasteiger partial charge in [0.2, 0.25) is 0 Å². The van der Waals surface area contributed by atoms with Gasteiger partial charge in [-0.15, -0.1) is 0 Å². The van der Waals surface area contributed by atoms with Crippen molar-refractivity contribution in [2.75, 3.05) is 7.11 Å². The van der Waals surface area contributed by atoms with Crippen LogP contribution >= 0.6 is 11.8 Å². The van der Waals surface area contributed by atoms with Gasteiger partial charge in [0.1, 0.15) is 5.75 Å². The highest BCUT2D eigenvalue weighted by Crippen LogP contribution is 2.30. The lowest BCUT2D eigenvalue weighted by Gasteiger charge is -2.10. The summed E-state index contributed by atoms with van der Waals surface area (Å²) >= 11 is 1.72. The fourth-order valence-corrected chi connectivity index (χ4v) is 2.69. The number of nitrogens with two attached hydrogens (primary N) is 1. The first kappa shape index (κ1) is 14.0. The molecule has 100 valence electrons. The molecule has 1 atom stereocenters. The summed E-state index contributed by atoms with van der Waals surface area (Å²) in [5, 5.41) is 0. The van der Waals surface area contributed by atoms with Crippen molar-refractivity contribution in [1.82, 2.24) is 0 Å². The molecule has 0 heterocycles. The van der Waals surface area contributed by atoms with Crippen molar-refractivity contribution in [2.24, 2.45) is 5.73 Å². The Bertz CT molecular complexity index is 525. The third-order valence-corrected chi connectivity index (χ3v) is 4.02. The van der Waals surface area contributed by atoms with E-state index in [0.29, 0.717) is 0 Å². The smallest absolute Gasteiger partial charge is 0.119 e. The van der Waals surface area contributed by atoms with Gasteiger partial charge in [-0.1, -0.05) is 36.9 Å². The van der Waals surface area contributed by atoms with Gasteiger partial charge in [-0.2, -0.15) is 0 Å². The summed E-state index contributed by atoms with van der Waals surface area (Å²) < 4.78 is 5.23. The lowest BCUT2D eigenvalue weighted by atomic mass is 10.1. The molecule has 2 nitrogen and oxygen atoms in total. The van der Waals surface area contributed by atoms with E-state index in [9.17, 15) is 0 Å². The fourth-order valence-electron chi connectivity index (χ4n) is 1.82. The molecule has 3 heteroatoms. The molecule has 0 aliphatic carbocycles. The predicted octanol–water partition coefficient (Wildman–Crippen LogP) is 4.26. The third-order valence-electron chi connectivity index (χ3n) is 3.02. The molecule has 0 aliphatic heterocycles. The van der Waals surface area contributed by atoms with Crippen LogP contribution in [0.15, 0.2) is 58.3 Å². The van der Waals surface area contributed by atoms with Crippen LogP contribution in [0.25, 0.3) is 0 Å². The van der Waals surface area contributed by atoms with E-state index in [1.54, 1.807) is 18.9 Å². The molecule has 0 saturated carbocycles. The van der Waals surface area contributed by atoms with Gasteiger partial charge in [0, 0.05) is 15.8 Å². The van der Waals surface area contributed by atoms with Gasteiger partial charge in [-0.3, -0.25) is 0 Å². The molecule has 2 aromatic carbocycles. The fraction of sp³-hybridized carbons (Fsp3) is 0.250. The van der Waals surface area contributed by atoms with E-state index >= 15 is 0 Å². The van der Waals surface area contributed by atoms with Crippen molar-refractivity contribution in [1.29, 1.82) is 0 Å². The van der Waals surface area contributed by atoms with Gasteiger partial charge in [-0.05, 0) is 42.3 Å². The Balaban J connectivity index is 2.10. The maximum absolute atomic E-state index is 6.01. The number of hydrogen-bond donors (Lipinski definition) is 1. The first-order valence-corrected chi connectivity index (χ1v) is 7.22. The summed E-state index contributed by atoms with van der Waals surface area (Å²) in [7, 11) is 1.69. The van der Waals surface area contributed by atoms with Crippen LogP contribution in [-0.4, -0.2) is 7.11 Å². The second-order valence-corrected chi connectivity index (χ2v) is 5.51. The van der Waals surface area contributed by atoms with Gasteiger partial charge in [0.05, 0.1) is 7.11 Å². The Morgan fingerprint density at radius 3 is 2.47 bits per heavy atom. The second kappa shape index (κ2) is 6.64. The third kappa shape index (κ3) is 3.75. The number of hydrogen-bond acceptors (Lipinski definition) is 3.